The van der Waals surface area contributed by atoms with Crippen LogP contribution in [0.4, 0.5) is 10.1 Å². The molecular weight excluding hydrogens is 427 g/mol. The van der Waals surface area contributed by atoms with Gasteiger partial charge in [0.15, 0.2) is 5.56 Å². The zero-order valence-electron chi connectivity index (χ0n) is 17.4. The predicted octanol–water partition coefficient (Wildman–Crippen LogP) is 4.58. The molecule has 0 radical (unpaired) electrons. The summed E-state index contributed by atoms with van der Waals surface area (Å²) in [6.07, 6.45) is 0.846. The molecule has 1 heterocycles. The van der Waals surface area contributed by atoms with E-state index in [1.54, 1.807) is 37.8 Å². The number of benzene rings is 2. The standard InChI is InChI=1S/C22H22ClFN2O5/c1-22(2,3)31-21(28)19-17(24)10-13(11-18(19)26(29)30)6-8-25-9-7-14-4-5-15(23)12-16(14)20(25)27/h4-5,10-12H,6-9H2,1-3H3. The van der Waals surface area contributed by atoms with Crippen molar-refractivity contribution in [2.45, 2.75) is 39.2 Å². The number of fused-ring (bicyclic) bond motifs is 1. The van der Waals surface area contributed by atoms with Gasteiger partial charge in [-0.1, -0.05) is 17.7 Å². The van der Waals surface area contributed by atoms with Crippen molar-refractivity contribution in [3.05, 3.63) is 73.5 Å². The summed E-state index contributed by atoms with van der Waals surface area (Å²) in [5.74, 6) is -2.31. The maximum Gasteiger partial charge on any atom is 0.348 e. The summed E-state index contributed by atoms with van der Waals surface area (Å²) in [7, 11) is 0. The van der Waals surface area contributed by atoms with Crippen LogP contribution in [-0.2, 0) is 17.6 Å². The van der Waals surface area contributed by atoms with Gasteiger partial charge in [-0.05, 0) is 62.9 Å². The highest BCUT2D eigenvalue weighted by atomic mass is 35.5. The SMILES string of the molecule is CC(C)(C)OC(=O)c1c(F)cc(CCN2CCc3ccc(Cl)cc3C2=O)cc1[N+](=O)[O-]. The zero-order valence-corrected chi connectivity index (χ0v) is 18.2. The molecule has 0 spiro atoms. The van der Waals surface area contributed by atoms with Crippen molar-refractivity contribution in [1.82, 2.24) is 4.90 Å². The van der Waals surface area contributed by atoms with Crippen molar-refractivity contribution in [2.24, 2.45) is 0 Å². The molecule has 0 atom stereocenters. The van der Waals surface area contributed by atoms with Crippen LogP contribution >= 0.6 is 11.6 Å². The Hall–Kier alpha value is -3.00. The highest BCUT2D eigenvalue weighted by Crippen LogP contribution is 2.28. The van der Waals surface area contributed by atoms with Gasteiger partial charge in [0.1, 0.15) is 11.4 Å². The van der Waals surface area contributed by atoms with Crippen LogP contribution in [0.5, 0.6) is 0 Å². The Kier molecular flexibility index (Phi) is 6.31. The van der Waals surface area contributed by atoms with Crippen molar-refractivity contribution >= 4 is 29.2 Å². The molecule has 1 aliphatic rings. The molecule has 0 fully saturated rings. The molecule has 0 bridgehead atoms. The average Bonchev–Trinajstić information content (AvgIpc) is 2.65. The van der Waals surface area contributed by atoms with Gasteiger partial charge in [0.05, 0.1) is 4.92 Å². The van der Waals surface area contributed by atoms with Crippen LogP contribution in [0.15, 0.2) is 30.3 Å². The fourth-order valence-electron chi connectivity index (χ4n) is 3.44. The van der Waals surface area contributed by atoms with Crippen LogP contribution in [0, 0.1) is 15.9 Å². The average molecular weight is 449 g/mol. The monoisotopic (exact) mass is 448 g/mol. The zero-order chi connectivity index (χ0) is 22.9. The number of esters is 1. The van der Waals surface area contributed by atoms with Crippen molar-refractivity contribution in [3.8, 4) is 0 Å². The topological polar surface area (TPSA) is 89.8 Å². The summed E-state index contributed by atoms with van der Waals surface area (Å²) >= 11 is 5.99. The van der Waals surface area contributed by atoms with E-state index in [0.29, 0.717) is 29.1 Å². The van der Waals surface area contributed by atoms with E-state index in [0.717, 1.165) is 17.7 Å². The van der Waals surface area contributed by atoms with Crippen LogP contribution in [0.2, 0.25) is 5.02 Å². The Bertz CT molecular complexity index is 1060. The van der Waals surface area contributed by atoms with Crippen molar-refractivity contribution in [1.29, 1.82) is 0 Å². The molecular formula is C22H22ClFN2O5. The summed E-state index contributed by atoms with van der Waals surface area (Å²) in [5, 5.41) is 11.9. The first-order valence-electron chi connectivity index (χ1n) is 9.74. The highest BCUT2D eigenvalue weighted by Gasteiger charge is 2.30. The fraction of sp³-hybridized carbons (Fsp3) is 0.364. The third-order valence-electron chi connectivity index (χ3n) is 4.84. The van der Waals surface area contributed by atoms with E-state index in [2.05, 4.69) is 0 Å². The minimum atomic E-state index is -1.09. The predicted molar refractivity (Wildman–Crippen MR) is 113 cm³/mol. The van der Waals surface area contributed by atoms with Crippen LogP contribution in [-0.4, -0.2) is 40.4 Å². The minimum absolute atomic E-state index is 0.188. The Labute approximate surface area is 183 Å². The summed E-state index contributed by atoms with van der Waals surface area (Å²) in [5.41, 5.74) is -0.553. The number of amides is 1. The first kappa shape index (κ1) is 22.7. The maximum atomic E-state index is 14.7. The third kappa shape index (κ3) is 5.19. The summed E-state index contributed by atoms with van der Waals surface area (Å²) in [6.45, 7) is 5.49. The molecule has 9 heteroatoms. The number of ether oxygens (including phenoxy) is 1. The Balaban J connectivity index is 1.81. The second kappa shape index (κ2) is 8.63. The molecule has 3 rings (SSSR count). The summed E-state index contributed by atoms with van der Waals surface area (Å²) in [6, 6.07) is 7.40. The Morgan fingerprint density at radius 3 is 2.65 bits per heavy atom. The van der Waals surface area contributed by atoms with E-state index in [9.17, 15) is 24.1 Å². The summed E-state index contributed by atoms with van der Waals surface area (Å²) in [4.78, 5) is 37.3. The van der Waals surface area contributed by atoms with E-state index in [1.165, 1.54) is 0 Å². The van der Waals surface area contributed by atoms with E-state index >= 15 is 0 Å². The number of nitro benzene ring substituents is 1. The normalized spacial score (nSPS) is 13.7. The molecule has 2 aromatic rings. The lowest BCUT2D eigenvalue weighted by atomic mass is 9.98. The van der Waals surface area contributed by atoms with Gasteiger partial charge in [0.2, 0.25) is 0 Å². The second-order valence-electron chi connectivity index (χ2n) is 8.32. The first-order chi connectivity index (χ1) is 14.5. The second-order valence-corrected chi connectivity index (χ2v) is 8.76. The number of nitro groups is 1. The van der Waals surface area contributed by atoms with Gasteiger partial charge in [-0.2, -0.15) is 0 Å². The largest absolute Gasteiger partial charge is 0.456 e. The van der Waals surface area contributed by atoms with E-state index < -0.39 is 33.6 Å². The molecule has 164 valence electrons. The van der Waals surface area contributed by atoms with Crippen LogP contribution < -0.4 is 0 Å². The highest BCUT2D eigenvalue weighted by molar-refractivity contribution is 6.31. The molecule has 31 heavy (non-hydrogen) atoms. The molecule has 1 amide bonds. The first-order valence-corrected chi connectivity index (χ1v) is 10.1. The van der Waals surface area contributed by atoms with E-state index in [-0.39, 0.29) is 18.9 Å². The number of hydrogen-bond donors (Lipinski definition) is 0. The molecule has 2 aromatic carbocycles. The van der Waals surface area contributed by atoms with Crippen LogP contribution in [0.3, 0.4) is 0 Å². The number of halogens is 2. The Morgan fingerprint density at radius 1 is 1.29 bits per heavy atom. The fourth-order valence-corrected chi connectivity index (χ4v) is 3.61. The smallest absolute Gasteiger partial charge is 0.348 e. The lowest BCUT2D eigenvalue weighted by molar-refractivity contribution is -0.385. The molecule has 1 aliphatic heterocycles. The molecule has 0 aliphatic carbocycles. The van der Waals surface area contributed by atoms with Crippen molar-refractivity contribution < 1.29 is 23.6 Å². The van der Waals surface area contributed by atoms with E-state index in [4.69, 9.17) is 16.3 Å². The van der Waals surface area contributed by atoms with Gasteiger partial charge in [0.25, 0.3) is 11.6 Å². The molecule has 0 saturated carbocycles. The lowest BCUT2D eigenvalue weighted by Crippen LogP contribution is -2.38. The molecule has 0 aromatic heterocycles. The number of hydrogen-bond acceptors (Lipinski definition) is 5. The minimum Gasteiger partial charge on any atom is -0.456 e. The van der Waals surface area contributed by atoms with Gasteiger partial charge in [-0.3, -0.25) is 14.9 Å². The molecule has 0 unspecified atom stereocenters. The Morgan fingerprint density at radius 2 is 2.00 bits per heavy atom. The van der Waals surface area contributed by atoms with E-state index in [1.807, 2.05) is 6.07 Å². The van der Waals surface area contributed by atoms with Gasteiger partial charge in [-0.25, -0.2) is 9.18 Å². The molecule has 0 saturated heterocycles. The van der Waals surface area contributed by atoms with Crippen LogP contribution in [0.1, 0.15) is 52.6 Å². The number of rotatable bonds is 5. The number of carbonyl (C=O) groups excluding carboxylic acids is 2. The van der Waals surface area contributed by atoms with Crippen molar-refractivity contribution in [2.75, 3.05) is 13.1 Å². The van der Waals surface area contributed by atoms with Gasteiger partial charge < -0.3 is 9.64 Å². The van der Waals surface area contributed by atoms with Crippen LogP contribution in [0.25, 0.3) is 0 Å². The quantitative estimate of drug-likeness (QED) is 0.379. The third-order valence-corrected chi connectivity index (χ3v) is 5.07. The van der Waals surface area contributed by atoms with Crippen molar-refractivity contribution in [3.63, 3.8) is 0 Å². The molecule has 7 nitrogen and oxygen atoms in total. The number of nitrogens with zero attached hydrogens (tertiary/aromatic N) is 2. The lowest BCUT2D eigenvalue weighted by Gasteiger charge is -2.28. The summed E-state index contributed by atoms with van der Waals surface area (Å²) < 4.78 is 19.8. The van der Waals surface area contributed by atoms with Gasteiger partial charge >= 0.3 is 5.97 Å². The van der Waals surface area contributed by atoms with Gasteiger partial charge in [0, 0.05) is 29.7 Å². The molecule has 0 N–H and O–H groups in total. The maximum absolute atomic E-state index is 14.7. The van der Waals surface area contributed by atoms with Gasteiger partial charge in [-0.15, -0.1) is 0 Å². The number of carbonyl (C=O) groups is 2.